The molecule has 156 valence electrons. The van der Waals surface area contributed by atoms with Crippen LogP contribution in [-0.4, -0.2) is 115 Å². The predicted molar refractivity (Wildman–Crippen MR) is 82.0 cm³/mol. The van der Waals surface area contributed by atoms with Crippen molar-refractivity contribution in [1.82, 2.24) is 0 Å². The summed E-state index contributed by atoms with van der Waals surface area (Å²) in [6.07, 6.45) is -16.0. The highest BCUT2D eigenvalue weighted by atomic mass is 16.7. The van der Waals surface area contributed by atoms with Crippen molar-refractivity contribution in [2.24, 2.45) is 5.73 Å². The van der Waals surface area contributed by atoms with Gasteiger partial charge in [-0.25, -0.2) is 4.79 Å². The number of aliphatic carboxylic acids is 1. The molecule has 0 aliphatic carbocycles. The fourth-order valence-electron chi connectivity index (χ4n) is 2.41. The Morgan fingerprint density at radius 2 is 1.67 bits per heavy atom. The number of aliphatic hydroxyl groups is 6. The molecular formula is C14H23NO12. The third kappa shape index (κ3) is 5.25. The number of carboxylic acids is 1. The Morgan fingerprint density at radius 1 is 1.11 bits per heavy atom. The first kappa shape index (κ1) is 23.5. The summed E-state index contributed by atoms with van der Waals surface area (Å²) in [5.41, 5.74) is 5.56. The molecule has 0 spiro atoms. The van der Waals surface area contributed by atoms with E-state index in [-0.39, 0.29) is 0 Å². The summed E-state index contributed by atoms with van der Waals surface area (Å²) in [6, 6.07) is -1.89. The van der Waals surface area contributed by atoms with Gasteiger partial charge in [-0.05, 0) is 0 Å². The molecule has 1 unspecified atom stereocenters. The molecule has 1 aliphatic heterocycles. The number of hydrogen-bond acceptors (Lipinski definition) is 12. The zero-order chi connectivity index (χ0) is 21.0. The topological polar surface area (TPSA) is 237 Å². The van der Waals surface area contributed by atoms with Crippen LogP contribution in [0.2, 0.25) is 0 Å². The normalized spacial score (nSPS) is 33.0. The van der Waals surface area contributed by atoms with E-state index >= 15 is 0 Å². The van der Waals surface area contributed by atoms with Gasteiger partial charge in [0.25, 0.3) is 0 Å². The minimum Gasteiger partial charge on any atom is -0.479 e. The first-order valence-electron chi connectivity index (χ1n) is 7.79. The third-order valence-corrected chi connectivity index (χ3v) is 4.03. The second-order valence-corrected chi connectivity index (χ2v) is 6.02. The van der Waals surface area contributed by atoms with Crippen molar-refractivity contribution in [2.75, 3.05) is 6.61 Å². The van der Waals surface area contributed by atoms with Gasteiger partial charge in [0.05, 0.1) is 6.61 Å². The summed E-state index contributed by atoms with van der Waals surface area (Å²) in [6.45, 7) is -0.115. The minimum absolute atomic E-state index is 0.876. The summed E-state index contributed by atoms with van der Waals surface area (Å²) in [5.74, 6) is -3.96. The van der Waals surface area contributed by atoms with E-state index in [1.165, 1.54) is 0 Å². The Bertz CT molecular complexity index is 556. The maximum absolute atomic E-state index is 11.8. The van der Waals surface area contributed by atoms with Crippen LogP contribution in [0.15, 0.2) is 0 Å². The summed E-state index contributed by atoms with van der Waals surface area (Å²) < 4.78 is 9.93. The van der Waals surface area contributed by atoms with E-state index in [1.54, 1.807) is 0 Å². The number of hydrogen-bond donors (Lipinski definition) is 8. The van der Waals surface area contributed by atoms with Crippen molar-refractivity contribution in [3.05, 3.63) is 0 Å². The largest absolute Gasteiger partial charge is 0.479 e. The van der Waals surface area contributed by atoms with Crippen molar-refractivity contribution in [3.63, 3.8) is 0 Å². The van der Waals surface area contributed by atoms with Crippen molar-refractivity contribution in [2.45, 2.75) is 62.0 Å². The lowest BCUT2D eigenvalue weighted by atomic mass is 9.95. The fraction of sp³-hybridized carbons (Fsp3) is 0.786. The van der Waals surface area contributed by atoms with Gasteiger partial charge >= 0.3 is 5.97 Å². The second-order valence-electron chi connectivity index (χ2n) is 6.02. The van der Waals surface area contributed by atoms with E-state index in [9.17, 15) is 39.9 Å². The van der Waals surface area contributed by atoms with E-state index in [4.69, 9.17) is 25.4 Å². The maximum atomic E-state index is 11.8. The number of rotatable bonds is 9. The molecule has 0 radical (unpaired) electrons. The summed E-state index contributed by atoms with van der Waals surface area (Å²) in [4.78, 5) is 34.1. The molecule has 13 heteroatoms. The number of carbonyl (C=O) groups is 3. The van der Waals surface area contributed by atoms with Gasteiger partial charge in [0, 0.05) is 6.92 Å². The van der Waals surface area contributed by atoms with Gasteiger partial charge in [-0.3, -0.25) is 9.59 Å². The number of carbonyl (C=O) groups excluding carboxylic acids is 2. The van der Waals surface area contributed by atoms with E-state index in [0.717, 1.165) is 6.92 Å². The summed E-state index contributed by atoms with van der Waals surface area (Å²) >= 11 is 0. The van der Waals surface area contributed by atoms with Crippen LogP contribution in [0.5, 0.6) is 0 Å². The monoisotopic (exact) mass is 397 g/mol. The molecule has 1 aliphatic rings. The molecule has 0 aromatic carbocycles. The molecule has 0 saturated carbocycles. The molecule has 13 nitrogen and oxygen atoms in total. The summed E-state index contributed by atoms with van der Waals surface area (Å²) in [7, 11) is 0. The Kier molecular flexibility index (Phi) is 8.34. The average Bonchev–Trinajstić information content (AvgIpc) is 2.62. The molecule has 0 aromatic rings. The quantitative estimate of drug-likeness (QED) is 0.170. The molecule has 0 amide bonds. The summed E-state index contributed by atoms with van der Waals surface area (Å²) in [5, 5.41) is 66.9. The molecule has 1 rings (SSSR count). The lowest BCUT2D eigenvalue weighted by Crippen LogP contribution is -2.63. The smallest absolute Gasteiger partial charge is 0.335 e. The number of aliphatic hydroxyl groups excluding tert-OH is 6. The van der Waals surface area contributed by atoms with Crippen LogP contribution in [0.4, 0.5) is 0 Å². The van der Waals surface area contributed by atoms with Crippen molar-refractivity contribution in [1.29, 1.82) is 0 Å². The maximum Gasteiger partial charge on any atom is 0.335 e. The fourth-order valence-corrected chi connectivity index (χ4v) is 2.41. The van der Waals surface area contributed by atoms with Crippen LogP contribution in [-0.2, 0) is 23.9 Å². The minimum atomic E-state index is -2.06. The van der Waals surface area contributed by atoms with Crippen molar-refractivity contribution >= 4 is 17.5 Å². The first-order valence-corrected chi connectivity index (χ1v) is 7.79. The van der Waals surface area contributed by atoms with Crippen molar-refractivity contribution < 1.29 is 59.6 Å². The molecule has 0 aromatic heterocycles. The lowest BCUT2D eigenvalue weighted by molar-refractivity contribution is -0.313. The number of carboxylic acid groups (broad SMARTS) is 1. The number of Topliss-reactive ketones (excluding diaryl/α,β-unsaturated/α-hetero) is 2. The Hall–Kier alpha value is -1.55. The molecule has 1 saturated heterocycles. The molecule has 27 heavy (non-hydrogen) atoms. The Labute approximate surface area is 152 Å². The van der Waals surface area contributed by atoms with Crippen LogP contribution in [0.1, 0.15) is 6.92 Å². The van der Waals surface area contributed by atoms with E-state index in [1.807, 2.05) is 0 Å². The van der Waals surface area contributed by atoms with Crippen LogP contribution < -0.4 is 5.73 Å². The van der Waals surface area contributed by atoms with Gasteiger partial charge in [-0.15, -0.1) is 0 Å². The van der Waals surface area contributed by atoms with E-state index in [2.05, 4.69) is 0 Å². The van der Waals surface area contributed by atoms with Crippen LogP contribution in [0.3, 0.4) is 0 Å². The highest BCUT2D eigenvalue weighted by Gasteiger charge is 2.50. The molecule has 0 bridgehead atoms. The highest BCUT2D eigenvalue weighted by Crippen LogP contribution is 2.25. The number of ketones is 2. The van der Waals surface area contributed by atoms with E-state index < -0.39 is 79.2 Å². The van der Waals surface area contributed by atoms with Gasteiger partial charge < -0.3 is 51.0 Å². The van der Waals surface area contributed by atoms with Gasteiger partial charge in [0.1, 0.15) is 42.7 Å². The molecular weight excluding hydrogens is 374 g/mol. The van der Waals surface area contributed by atoms with Gasteiger partial charge in [0.2, 0.25) is 5.78 Å². The first-order chi connectivity index (χ1) is 12.4. The zero-order valence-corrected chi connectivity index (χ0v) is 14.2. The van der Waals surface area contributed by atoms with Gasteiger partial charge in [0.15, 0.2) is 18.2 Å². The highest BCUT2D eigenvalue weighted by molar-refractivity contribution is 6.38. The Morgan fingerprint density at radius 3 is 2.11 bits per heavy atom. The Balaban J connectivity index is 3.13. The molecule has 9 atom stereocenters. The van der Waals surface area contributed by atoms with E-state index in [0.29, 0.717) is 0 Å². The molecule has 9 N–H and O–H groups in total. The molecule has 1 heterocycles. The number of ether oxygens (including phenoxy) is 2. The van der Waals surface area contributed by atoms with Crippen LogP contribution in [0.25, 0.3) is 0 Å². The van der Waals surface area contributed by atoms with Gasteiger partial charge in [-0.2, -0.15) is 0 Å². The standard InChI is InChI=1S/C14H23NO12/c1-3(17)6(19)5(15)11(7(20)4(18)2-16)26-14-10(23)8(21)9(22)12(27-14)13(24)25/h4-5,7-12,14,16,18,20-23H,2,15H2,1H3,(H,24,25)/t4-,5+,7-,8+,9+,10-,11-,12+,14?/m1/s1. The van der Waals surface area contributed by atoms with Gasteiger partial charge in [-0.1, -0.05) is 0 Å². The average molecular weight is 397 g/mol. The predicted octanol–water partition coefficient (Wildman–Crippen LogP) is -5.54. The second kappa shape index (κ2) is 9.59. The zero-order valence-electron chi connectivity index (χ0n) is 14.2. The van der Waals surface area contributed by atoms with Crippen LogP contribution in [0, 0.1) is 0 Å². The van der Waals surface area contributed by atoms with Crippen LogP contribution >= 0.6 is 0 Å². The third-order valence-electron chi connectivity index (χ3n) is 4.03. The number of nitrogens with two attached hydrogens (primary N) is 1. The SMILES string of the molecule is CC(=O)C(=O)[C@H](N)[C@@H](OC1O[C@H](C(=O)O)[C@@H](O)[C@H](O)[C@H]1O)[C@H](O)[C@H](O)CO. The molecule has 1 fully saturated rings. The lowest BCUT2D eigenvalue weighted by Gasteiger charge is -2.41. The van der Waals surface area contributed by atoms with Crippen molar-refractivity contribution in [3.8, 4) is 0 Å².